The summed E-state index contributed by atoms with van der Waals surface area (Å²) in [5.41, 5.74) is 15.0. The van der Waals surface area contributed by atoms with Gasteiger partial charge in [-0.2, -0.15) is 0 Å². The van der Waals surface area contributed by atoms with Crippen molar-refractivity contribution in [2.75, 3.05) is 4.90 Å². The number of benzene rings is 8. The smallest absolute Gasteiger partial charge is 0.136 e. The molecule has 0 saturated heterocycles. The van der Waals surface area contributed by atoms with Crippen molar-refractivity contribution in [1.82, 2.24) is 0 Å². The molecule has 2 heteroatoms. The molecular weight excluding hydrogens is 619 g/mol. The zero-order valence-electron chi connectivity index (χ0n) is 28.6. The van der Waals surface area contributed by atoms with E-state index in [1.165, 1.54) is 44.2 Å². The van der Waals surface area contributed by atoms with Crippen molar-refractivity contribution < 1.29 is 4.42 Å². The molecule has 1 aliphatic rings. The molecule has 0 spiro atoms. The maximum absolute atomic E-state index is 6.58. The van der Waals surface area contributed by atoms with Crippen LogP contribution in [0.2, 0.25) is 0 Å². The van der Waals surface area contributed by atoms with Gasteiger partial charge in [-0.05, 0) is 75.0 Å². The fourth-order valence-electron chi connectivity index (χ4n) is 8.47. The molecule has 0 bridgehead atoms. The summed E-state index contributed by atoms with van der Waals surface area (Å²) in [5, 5.41) is 4.64. The lowest BCUT2D eigenvalue weighted by atomic mass is 9.82. The van der Waals surface area contributed by atoms with Crippen LogP contribution < -0.4 is 4.90 Å². The van der Waals surface area contributed by atoms with E-state index >= 15 is 0 Å². The number of hydrogen-bond acceptors (Lipinski definition) is 2. The van der Waals surface area contributed by atoms with E-state index in [9.17, 15) is 0 Å². The van der Waals surface area contributed by atoms with Crippen molar-refractivity contribution in [3.8, 4) is 33.4 Å². The first-order valence-electron chi connectivity index (χ1n) is 17.7. The Morgan fingerprint density at radius 3 is 1.80 bits per heavy atom. The van der Waals surface area contributed by atoms with Gasteiger partial charge in [0.15, 0.2) is 0 Å². The Hall–Kier alpha value is -6.38. The normalized spacial score (nSPS) is 13.1. The van der Waals surface area contributed by atoms with Crippen LogP contribution in [0, 0.1) is 0 Å². The highest BCUT2D eigenvalue weighted by Crippen LogP contribution is 2.56. The van der Waals surface area contributed by atoms with Crippen LogP contribution in [-0.2, 0) is 5.41 Å². The largest absolute Gasteiger partial charge is 0.456 e. The molecule has 10 rings (SSSR count). The number of rotatable bonds is 5. The Balaban J connectivity index is 1.30. The number of nitrogens with zero attached hydrogens (tertiary/aromatic N) is 1. The average Bonchev–Trinajstić information content (AvgIpc) is 3.66. The summed E-state index contributed by atoms with van der Waals surface area (Å²) in [4.78, 5) is 2.51. The third-order valence-electron chi connectivity index (χ3n) is 10.9. The summed E-state index contributed by atoms with van der Waals surface area (Å²) in [7, 11) is 0. The lowest BCUT2D eigenvalue weighted by molar-refractivity contribution is 0.660. The predicted octanol–water partition coefficient (Wildman–Crippen LogP) is 13.8. The van der Waals surface area contributed by atoms with Gasteiger partial charge in [-0.3, -0.25) is 0 Å². The van der Waals surface area contributed by atoms with Crippen LogP contribution in [0.1, 0.15) is 25.0 Å². The minimum Gasteiger partial charge on any atom is -0.456 e. The van der Waals surface area contributed by atoms with Crippen LogP contribution in [0.3, 0.4) is 0 Å². The molecular formula is C49H35NO. The van der Waals surface area contributed by atoms with Gasteiger partial charge in [0.05, 0.1) is 17.1 Å². The standard InChI is InChI=1S/C49H35NO/c1-49(2)40-24-11-8-22-38(40)48-41(49)25-15-28-44(48)50(42-26-12-9-20-35(42)32-16-4-3-5-17-32)43-27-13-10-21-36(43)37-23-14-29-45-47(37)39-30-33-18-6-7-19-34(33)31-46(39)51-45/h3-31H,1-2H3. The van der Waals surface area contributed by atoms with Gasteiger partial charge in [0.2, 0.25) is 0 Å². The zero-order valence-corrected chi connectivity index (χ0v) is 28.6. The van der Waals surface area contributed by atoms with Crippen molar-refractivity contribution in [3.63, 3.8) is 0 Å². The molecule has 1 aliphatic carbocycles. The van der Waals surface area contributed by atoms with Crippen LogP contribution in [0.5, 0.6) is 0 Å². The molecule has 0 N–H and O–H groups in total. The molecule has 0 atom stereocenters. The fourth-order valence-corrected chi connectivity index (χ4v) is 8.47. The van der Waals surface area contributed by atoms with E-state index in [2.05, 4.69) is 195 Å². The highest BCUT2D eigenvalue weighted by atomic mass is 16.3. The Kier molecular flexibility index (Phi) is 6.56. The number of anilines is 3. The Morgan fingerprint density at radius 2 is 1.00 bits per heavy atom. The highest BCUT2D eigenvalue weighted by molar-refractivity contribution is 6.17. The van der Waals surface area contributed by atoms with Gasteiger partial charge in [0.1, 0.15) is 11.2 Å². The van der Waals surface area contributed by atoms with Crippen molar-refractivity contribution in [2.45, 2.75) is 19.3 Å². The second-order valence-electron chi connectivity index (χ2n) is 14.1. The molecule has 0 aliphatic heterocycles. The summed E-state index contributed by atoms with van der Waals surface area (Å²) in [6.07, 6.45) is 0. The maximum atomic E-state index is 6.58. The summed E-state index contributed by atoms with van der Waals surface area (Å²) < 4.78 is 6.58. The number of hydrogen-bond donors (Lipinski definition) is 0. The molecule has 0 radical (unpaired) electrons. The van der Waals surface area contributed by atoms with Gasteiger partial charge < -0.3 is 9.32 Å². The van der Waals surface area contributed by atoms with Gasteiger partial charge in [-0.1, -0.05) is 153 Å². The summed E-state index contributed by atoms with van der Waals surface area (Å²) in [6, 6.07) is 63.7. The van der Waals surface area contributed by atoms with Crippen molar-refractivity contribution in [1.29, 1.82) is 0 Å². The molecule has 9 aromatic rings. The van der Waals surface area contributed by atoms with Crippen LogP contribution in [0.15, 0.2) is 180 Å². The van der Waals surface area contributed by atoms with E-state index in [1.807, 2.05) is 0 Å². The Morgan fingerprint density at radius 1 is 0.431 bits per heavy atom. The van der Waals surface area contributed by atoms with E-state index < -0.39 is 0 Å². The lowest BCUT2D eigenvalue weighted by Gasteiger charge is -2.32. The minimum absolute atomic E-state index is 0.129. The van der Waals surface area contributed by atoms with Gasteiger partial charge in [-0.15, -0.1) is 0 Å². The molecule has 8 aromatic carbocycles. The molecule has 2 nitrogen and oxygen atoms in total. The maximum Gasteiger partial charge on any atom is 0.136 e. The molecule has 0 saturated carbocycles. The zero-order chi connectivity index (χ0) is 34.1. The van der Waals surface area contributed by atoms with Gasteiger partial charge in [0, 0.05) is 32.9 Å². The molecule has 242 valence electrons. The van der Waals surface area contributed by atoms with Crippen molar-refractivity contribution in [2.24, 2.45) is 0 Å². The topological polar surface area (TPSA) is 16.4 Å². The second-order valence-corrected chi connectivity index (χ2v) is 14.1. The second kappa shape index (κ2) is 11.3. The molecule has 51 heavy (non-hydrogen) atoms. The minimum atomic E-state index is -0.129. The predicted molar refractivity (Wildman–Crippen MR) is 214 cm³/mol. The SMILES string of the molecule is CC1(C)c2ccccc2-c2c(N(c3ccccc3-c3ccccc3)c3ccccc3-c3cccc4oc5cc6ccccc6cc5c34)cccc21. The monoisotopic (exact) mass is 653 g/mol. The number of para-hydroxylation sites is 2. The molecule has 1 heterocycles. The van der Waals surface area contributed by atoms with Crippen molar-refractivity contribution in [3.05, 3.63) is 187 Å². The van der Waals surface area contributed by atoms with Gasteiger partial charge >= 0.3 is 0 Å². The summed E-state index contributed by atoms with van der Waals surface area (Å²) in [5.74, 6) is 0. The fraction of sp³-hybridized carbons (Fsp3) is 0.0612. The first-order valence-corrected chi connectivity index (χ1v) is 17.7. The van der Waals surface area contributed by atoms with E-state index in [1.54, 1.807) is 0 Å². The lowest BCUT2D eigenvalue weighted by Crippen LogP contribution is -2.16. The van der Waals surface area contributed by atoms with E-state index in [0.717, 1.165) is 50.1 Å². The number of furan rings is 1. The Labute approximate surface area is 297 Å². The van der Waals surface area contributed by atoms with Crippen LogP contribution in [-0.4, -0.2) is 0 Å². The van der Waals surface area contributed by atoms with Crippen LogP contribution in [0.4, 0.5) is 17.1 Å². The third-order valence-corrected chi connectivity index (χ3v) is 10.9. The highest BCUT2D eigenvalue weighted by Gasteiger charge is 2.38. The van der Waals surface area contributed by atoms with E-state index in [4.69, 9.17) is 4.42 Å². The van der Waals surface area contributed by atoms with Crippen LogP contribution >= 0.6 is 0 Å². The first-order chi connectivity index (χ1) is 25.1. The quantitative estimate of drug-likeness (QED) is 0.184. The summed E-state index contributed by atoms with van der Waals surface area (Å²) in [6.45, 7) is 4.71. The average molecular weight is 654 g/mol. The van der Waals surface area contributed by atoms with E-state index in [-0.39, 0.29) is 5.41 Å². The first kappa shape index (κ1) is 29.5. The molecule has 0 amide bonds. The Bertz CT molecular complexity index is 2790. The molecule has 0 unspecified atom stereocenters. The molecule has 0 fully saturated rings. The summed E-state index contributed by atoms with van der Waals surface area (Å²) >= 11 is 0. The van der Waals surface area contributed by atoms with Gasteiger partial charge in [-0.25, -0.2) is 0 Å². The van der Waals surface area contributed by atoms with Crippen molar-refractivity contribution >= 4 is 49.8 Å². The van der Waals surface area contributed by atoms with Crippen LogP contribution in [0.25, 0.3) is 66.1 Å². The van der Waals surface area contributed by atoms with Gasteiger partial charge in [0.25, 0.3) is 0 Å². The number of fused-ring (bicyclic) bond motifs is 7. The molecule has 1 aromatic heterocycles. The van der Waals surface area contributed by atoms with E-state index in [0.29, 0.717) is 0 Å². The third kappa shape index (κ3) is 4.50.